The van der Waals surface area contributed by atoms with E-state index in [9.17, 15) is 4.79 Å². The maximum atomic E-state index is 10.4. The zero-order valence-electron chi connectivity index (χ0n) is 6.39. The highest BCUT2D eigenvalue weighted by Gasteiger charge is 2.11. The van der Waals surface area contributed by atoms with Crippen LogP contribution in [-0.4, -0.2) is 37.0 Å². The molecular formula is C7H14N2O. The molecule has 1 fully saturated rings. The normalized spacial score (nSPS) is 18.1. The molecule has 1 amide bonds. The lowest BCUT2D eigenvalue weighted by molar-refractivity contribution is -0.119. The van der Waals surface area contributed by atoms with E-state index in [0.717, 1.165) is 13.1 Å². The molecule has 0 radical (unpaired) electrons. The van der Waals surface area contributed by atoms with Gasteiger partial charge in [-0.1, -0.05) is 0 Å². The molecule has 10 heavy (non-hydrogen) atoms. The van der Waals surface area contributed by atoms with Gasteiger partial charge in [-0.25, -0.2) is 0 Å². The number of rotatable bonds is 3. The van der Waals surface area contributed by atoms with Crippen molar-refractivity contribution in [2.45, 2.75) is 13.3 Å². The fraction of sp³-hybridized carbons (Fsp3) is 0.857. The topological polar surface area (TPSA) is 32.3 Å². The highest BCUT2D eigenvalue weighted by atomic mass is 16.1. The fourth-order valence-electron chi connectivity index (χ4n) is 0.995. The van der Waals surface area contributed by atoms with Gasteiger partial charge in [0.25, 0.3) is 0 Å². The van der Waals surface area contributed by atoms with Gasteiger partial charge in [-0.05, 0) is 19.5 Å². The third-order valence-corrected chi connectivity index (χ3v) is 1.75. The number of nitrogens with zero attached hydrogens (tertiary/aromatic N) is 1. The van der Waals surface area contributed by atoms with Crippen molar-refractivity contribution in [2.75, 3.05) is 26.2 Å². The molecule has 0 aromatic rings. The van der Waals surface area contributed by atoms with E-state index in [1.165, 1.54) is 19.5 Å². The van der Waals surface area contributed by atoms with Gasteiger partial charge in [-0.15, -0.1) is 0 Å². The van der Waals surface area contributed by atoms with Crippen LogP contribution in [0.15, 0.2) is 0 Å². The van der Waals surface area contributed by atoms with Gasteiger partial charge in [0, 0.05) is 20.0 Å². The maximum absolute atomic E-state index is 10.4. The molecule has 0 aromatic heterocycles. The minimum absolute atomic E-state index is 0.0699. The number of hydrogen-bond donors (Lipinski definition) is 1. The standard InChI is InChI=1S/C7H14N2O/c1-7(10)8-3-6-9-4-2-5-9/h2-6H2,1H3,(H,8,10). The lowest BCUT2D eigenvalue weighted by atomic mass is 10.2. The molecule has 1 N–H and O–H groups in total. The Kier molecular flexibility index (Phi) is 2.68. The summed E-state index contributed by atoms with van der Waals surface area (Å²) in [6, 6.07) is 0. The molecule has 0 bridgehead atoms. The molecule has 3 nitrogen and oxygen atoms in total. The van der Waals surface area contributed by atoms with Gasteiger partial charge in [0.05, 0.1) is 0 Å². The minimum Gasteiger partial charge on any atom is -0.355 e. The summed E-state index contributed by atoms with van der Waals surface area (Å²) in [6.07, 6.45) is 1.32. The van der Waals surface area contributed by atoms with Crippen molar-refractivity contribution in [3.63, 3.8) is 0 Å². The Morgan fingerprint density at radius 1 is 1.60 bits per heavy atom. The fourth-order valence-corrected chi connectivity index (χ4v) is 0.995. The molecular weight excluding hydrogens is 128 g/mol. The third kappa shape index (κ3) is 2.35. The smallest absolute Gasteiger partial charge is 0.216 e. The largest absolute Gasteiger partial charge is 0.355 e. The maximum Gasteiger partial charge on any atom is 0.216 e. The molecule has 0 saturated carbocycles. The summed E-state index contributed by atoms with van der Waals surface area (Å²) >= 11 is 0. The second-order valence-corrected chi connectivity index (χ2v) is 2.68. The molecule has 0 aliphatic carbocycles. The molecule has 0 atom stereocenters. The first-order valence-corrected chi connectivity index (χ1v) is 3.76. The Labute approximate surface area is 61.4 Å². The van der Waals surface area contributed by atoms with Crippen LogP contribution in [0.2, 0.25) is 0 Å². The number of carbonyl (C=O) groups excluding carboxylic acids is 1. The van der Waals surface area contributed by atoms with Crippen LogP contribution < -0.4 is 5.32 Å². The van der Waals surface area contributed by atoms with E-state index in [2.05, 4.69) is 10.2 Å². The number of hydrogen-bond acceptors (Lipinski definition) is 2. The van der Waals surface area contributed by atoms with Crippen LogP contribution in [-0.2, 0) is 4.79 Å². The van der Waals surface area contributed by atoms with Gasteiger partial charge in [0.15, 0.2) is 0 Å². The van der Waals surface area contributed by atoms with Crippen LogP contribution in [0.5, 0.6) is 0 Å². The second kappa shape index (κ2) is 3.56. The van der Waals surface area contributed by atoms with Crippen LogP contribution >= 0.6 is 0 Å². The first-order valence-electron chi connectivity index (χ1n) is 3.76. The predicted octanol–water partition coefficient (Wildman–Crippen LogP) is -0.172. The quantitative estimate of drug-likeness (QED) is 0.593. The molecule has 1 saturated heterocycles. The van der Waals surface area contributed by atoms with Crippen molar-refractivity contribution in [3.05, 3.63) is 0 Å². The number of likely N-dealkylation sites (tertiary alicyclic amines) is 1. The van der Waals surface area contributed by atoms with Crippen LogP contribution in [0.25, 0.3) is 0 Å². The molecule has 1 aliphatic heterocycles. The molecule has 1 heterocycles. The van der Waals surface area contributed by atoms with Gasteiger partial charge >= 0.3 is 0 Å². The van der Waals surface area contributed by atoms with Crippen LogP contribution in [0, 0.1) is 0 Å². The molecule has 1 aliphatic rings. The molecule has 3 heteroatoms. The molecule has 0 aromatic carbocycles. The van der Waals surface area contributed by atoms with Crippen LogP contribution in [0.4, 0.5) is 0 Å². The van der Waals surface area contributed by atoms with Gasteiger partial charge in [-0.3, -0.25) is 4.79 Å². The zero-order chi connectivity index (χ0) is 7.40. The van der Waals surface area contributed by atoms with Crippen molar-refractivity contribution in [3.8, 4) is 0 Å². The summed E-state index contributed by atoms with van der Waals surface area (Å²) in [6.45, 7) is 5.78. The highest BCUT2D eigenvalue weighted by molar-refractivity contribution is 5.72. The van der Waals surface area contributed by atoms with Crippen molar-refractivity contribution >= 4 is 5.91 Å². The van der Waals surface area contributed by atoms with Crippen LogP contribution in [0.3, 0.4) is 0 Å². The minimum atomic E-state index is 0.0699. The average molecular weight is 142 g/mol. The van der Waals surface area contributed by atoms with E-state index in [0.29, 0.717) is 0 Å². The molecule has 1 rings (SSSR count). The summed E-state index contributed by atoms with van der Waals surface area (Å²) in [5.41, 5.74) is 0. The summed E-state index contributed by atoms with van der Waals surface area (Å²) < 4.78 is 0. The van der Waals surface area contributed by atoms with Gasteiger partial charge in [0.2, 0.25) is 5.91 Å². The van der Waals surface area contributed by atoms with Crippen molar-refractivity contribution < 1.29 is 4.79 Å². The molecule has 0 unspecified atom stereocenters. The Morgan fingerprint density at radius 2 is 2.30 bits per heavy atom. The van der Waals surface area contributed by atoms with Crippen molar-refractivity contribution in [1.82, 2.24) is 10.2 Å². The van der Waals surface area contributed by atoms with E-state index in [4.69, 9.17) is 0 Å². The van der Waals surface area contributed by atoms with E-state index >= 15 is 0 Å². The summed E-state index contributed by atoms with van der Waals surface area (Å²) in [5, 5.41) is 2.76. The van der Waals surface area contributed by atoms with E-state index in [1.807, 2.05) is 0 Å². The molecule has 0 spiro atoms. The first-order chi connectivity index (χ1) is 4.79. The van der Waals surface area contributed by atoms with E-state index in [1.54, 1.807) is 6.92 Å². The Balaban J connectivity index is 1.89. The third-order valence-electron chi connectivity index (χ3n) is 1.75. The lowest BCUT2D eigenvalue weighted by Gasteiger charge is -2.30. The molecule has 58 valence electrons. The Hall–Kier alpha value is -0.570. The van der Waals surface area contributed by atoms with Gasteiger partial charge < -0.3 is 10.2 Å². The van der Waals surface area contributed by atoms with Crippen molar-refractivity contribution in [1.29, 1.82) is 0 Å². The first kappa shape index (κ1) is 7.54. The summed E-state index contributed by atoms with van der Waals surface area (Å²) in [7, 11) is 0. The number of carbonyl (C=O) groups is 1. The Bertz CT molecular complexity index is 121. The van der Waals surface area contributed by atoms with Crippen molar-refractivity contribution in [2.24, 2.45) is 0 Å². The SMILES string of the molecule is CC(=O)NCCN1CCC1. The lowest BCUT2D eigenvalue weighted by Crippen LogP contribution is -2.42. The number of nitrogens with one attached hydrogen (secondary N) is 1. The monoisotopic (exact) mass is 142 g/mol. The predicted molar refractivity (Wildman–Crippen MR) is 39.7 cm³/mol. The van der Waals surface area contributed by atoms with Gasteiger partial charge in [-0.2, -0.15) is 0 Å². The van der Waals surface area contributed by atoms with E-state index in [-0.39, 0.29) is 5.91 Å². The zero-order valence-corrected chi connectivity index (χ0v) is 6.39. The average Bonchev–Trinajstić information content (AvgIpc) is 1.75. The van der Waals surface area contributed by atoms with Crippen LogP contribution in [0.1, 0.15) is 13.3 Å². The highest BCUT2D eigenvalue weighted by Crippen LogP contribution is 2.02. The Morgan fingerprint density at radius 3 is 2.70 bits per heavy atom. The summed E-state index contributed by atoms with van der Waals surface area (Å²) in [5.74, 6) is 0.0699. The second-order valence-electron chi connectivity index (χ2n) is 2.68. The van der Waals surface area contributed by atoms with Gasteiger partial charge in [0.1, 0.15) is 0 Å². The van der Waals surface area contributed by atoms with E-state index < -0.39 is 0 Å². The summed E-state index contributed by atoms with van der Waals surface area (Å²) in [4.78, 5) is 12.7. The number of amides is 1.